The van der Waals surface area contributed by atoms with Crippen LogP contribution in [0.25, 0.3) is 0 Å². The molecule has 142 valence electrons. The van der Waals surface area contributed by atoms with Gasteiger partial charge in [0, 0.05) is 19.5 Å². The number of carbonyl (C=O) groups is 1. The van der Waals surface area contributed by atoms with Crippen molar-refractivity contribution in [1.82, 2.24) is 20.8 Å². The van der Waals surface area contributed by atoms with Crippen LogP contribution in [0.2, 0.25) is 0 Å². The van der Waals surface area contributed by atoms with Crippen LogP contribution in [0.5, 0.6) is 0 Å². The Bertz CT molecular complexity index is 519. The molecule has 1 rings (SSSR count). The average Bonchev–Trinajstić information content (AvgIpc) is 2.99. The fourth-order valence-electron chi connectivity index (χ4n) is 2.18. The maximum Gasteiger partial charge on any atom is 0.321 e. The number of unbranched alkanes of at least 4 members (excludes halogenated alkanes) is 5. The third-order valence-electron chi connectivity index (χ3n) is 3.47. The number of hydrogen-bond donors (Lipinski definition) is 5. The second-order valence-corrected chi connectivity index (χ2v) is 6.79. The SMILES string of the molecule is NCCCCCCCCNC(=O)NC(N)=NCCCc1nnc(N)s1. The Morgan fingerprint density at radius 3 is 2.48 bits per heavy atom. The van der Waals surface area contributed by atoms with E-state index in [0.29, 0.717) is 18.2 Å². The van der Waals surface area contributed by atoms with Gasteiger partial charge in [-0.3, -0.25) is 10.3 Å². The van der Waals surface area contributed by atoms with Crippen molar-refractivity contribution in [2.45, 2.75) is 51.4 Å². The maximum absolute atomic E-state index is 11.7. The molecule has 9 nitrogen and oxygen atoms in total. The highest BCUT2D eigenvalue weighted by Crippen LogP contribution is 2.12. The average molecular weight is 371 g/mol. The standard InChI is InChI=1S/C15H30N8OS/c16-9-5-3-1-2-4-6-10-20-15(24)21-13(17)19-11-7-8-12-22-23-14(18)25-12/h1-11,16H2,(H2,18,23)(H4,17,19,20,21,24). The lowest BCUT2D eigenvalue weighted by atomic mass is 10.1. The van der Waals surface area contributed by atoms with Crippen LogP contribution in [0.1, 0.15) is 50.0 Å². The monoisotopic (exact) mass is 370 g/mol. The number of rotatable bonds is 12. The van der Waals surface area contributed by atoms with E-state index in [-0.39, 0.29) is 12.0 Å². The molecule has 0 aliphatic heterocycles. The van der Waals surface area contributed by atoms with E-state index in [1.165, 1.54) is 30.6 Å². The molecular formula is C15H30N8OS. The maximum atomic E-state index is 11.7. The summed E-state index contributed by atoms with van der Waals surface area (Å²) in [6.07, 6.45) is 8.21. The van der Waals surface area contributed by atoms with Crippen LogP contribution in [0.15, 0.2) is 4.99 Å². The van der Waals surface area contributed by atoms with Crippen molar-refractivity contribution in [3.63, 3.8) is 0 Å². The molecular weight excluding hydrogens is 340 g/mol. The van der Waals surface area contributed by atoms with E-state index in [9.17, 15) is 4.79 Å². The van der Waals surface area contributed by atoms with Crippen LogP contribution in [0, 0.1) is 0 Å². The number of anilines is 1. The van der Waals surface area contributed by atoms with E-state index in [2.05, 4.69) is 25.8 Å². The fraction of sp³-hybridized carbons (Fsp3) is 0.733. The van der Waals surface area contributed by atoms with Gasteiger partial charge in [0.25, 0.3) is 0 Å². The van der Waals surface area contributed by atoms with E-state index < -0.39 is 0 Å². The molecule has 0 aromatic carbocycles. The van der Waals surface area contributed by atoms with Gasteiger partial charge in [-0.05, 0) is 25.8 Å². The van der Waals surface area contributed by atoms with Gasteiger partial charge < -0.3 is 22.5 Å². The predicted octanol–water partition coefficient (Wildman–Crippen LogP) is 0.966. The Kier molecular flexibility index (Phi) is 11.3. The fourth-order valence-corrected chi connectivity index (χ4v) is 2.83. The van der Waals surface area contributed by atoms with E-state index in [1.54, 1.807) is 0 Å². The van der Waals surface area contributed by atoms with Crippen LogP contribution in [0.3, 0.4) is 0 Å². The molecule has 0 bridgehead atoms. The Labute approximate surface area is 152 Å². The highest BCUT2D eigenvalue weighted by atomic mass is 32.1. The molecule has 0 fully saturated rings. The summed E-state index contributed by atoms with van der Waals surface area (Å²) in [5.41, 5.74) is 16.6. The molecule has 8 N–H and O–H groups in total. The lowest BCUT2D eigenvalue weighted by Crippen LogP contribution is -2.43. The second kappa shape index (κ2) is 13.4. The number of aromatic nitrogens is 2. The summed E-state index contributed by atoms with van der Waals surface area (Å²) in [5, 5.41) is 14.3. The Morgan fingerprint density at radius 1 is 1.08 bits per heavy atom. The zero-order valence-corrected chi connectivity index (χ0v) is 15.5. The molecule has 2 amide bonds. The predicted molar refractivity (Wildman–Crippen MR) is 102 cm³/mol. The van der Waals surface area contributed by atoms with Crippen LogP contribution in [0.4, 0.5) is 9.93 Å². The van der Waals surface area contributed by atoms with Crippen molar-refractivity contribution in [2.24, 2.45) is 16.5 Å². The quantitative estimate of drug-likeness (QED) is 0.209. The van der Waals surface area contributed by atoms with Gasteiger partial charge in [-0.15, -0.1) is 10.2 Å². The number of guanidine groups is 1. The lowest BCUT2D eigenvalue weighted by molar-refractivity contribution is 0.245. The number of amides is 2. The van der Waals surface area contributed by atoms with Gasteiger partial charge in [0.05, 0.1) is 0 Å². The minimum Gasteiger partial charge on any atom is -0.374 e. The number of hydrogen-bond acceptors (Lipinski definition) is 7. The number of nitrogen functional groups attached to an aromatic ring is 1. The molecule has 0 unspecified atom stereocenters. The second-order valence-electron chi connectivity index (χ2n) is 5.70. The van der Waals surface area contributed by atoms with E-state index >= 15 is 0 Å². The van der Waals surface area contributed by atoms with Gasteiger partial charge in [-0.2, -0.15) is 0 Å². The first kappa shape index (κ1) is 21.1. The number of nitrogens with two attached hydrogens (primary N) is 3. The molecule has 0 saturated heterocycles. The summed E-state index contributed by atoms with van der Waals surface area (Å²) in [5.74, 6) is 0.121. The molecule has 1 heterocycles. The molecule has 25 heavy (non-hydrogen) atoms. The summed E-state index contributed by atoms with van der Waals surface area (Å²) >= 11 is 1.37. The number of nitrogens with zero attached hydrogens (tertiary/aromatic N) is 3. The van der Waals surface area contributed by atoms with Gasteiger partial charge >= 0.3 is 6.03 Å². The van der Waals surface area contributed by atoms with Crippen molar-refractivity contribution in [3.8, 4) is 0 Å². The van der Waals surface area contributed by atoms with Gasteiger partial charge in [-0.25, -0.2) is 4.79 Å². The number of aryl methyl sites for hydroxylation is 1. The molecule has 1 aromatic heterocycles. The molecule has 0 aliphatic carbocycles. The van der Waals surface area contributed by atoms with Gasteiger partial charge in [0.2, 0.25) is 5.13 Å². The summed E-state index contributed by atoms with van der Waals surface area (Å²) in [6, 6.07) is -0.318. The first-order valence-electron chi connectivity index (χ1n) is 8.74. The summed E-state index contributed by atoms with van der Waals surface area (Å²) in [6.45, 7) is 1.91. The molecule has 0 spiro atoms. The first-order chi connectivity index (χ1) is 12.1. The normalized spacial score (nSPS) is 11.5. The van der Waals surface area contributed by atoms with Crippen molar-refractivity contribution in [3.05, 3.63) is 5.01 Å². The topological polar surface area (TPSA) is 157 Å². The zero-order valence-electron chi connectivity index (χ0n) is 14.7. The largest absolute Gasteiger partial charge is 0.374 e. The van der Waals surface area contributed by atoms with E-state index in [0.717, 1.165) is 43.7 Å². The van der Waals surface area contributed by atoms with Gasteiger partial charge in [-0.1, -0.05) is 37.0 Å². The Hall–Kier alpha value is -1.94. The minimum absolute atomic E-state index is 0.121. The smallest absolute Gasteiger partial charge is 0.321 e. The third-order valence-corrected chi connectivity index (χ3v) is 4.28. The summed E-state index contributed by atoms with van der Waals surface area (Å²) in [7, 11) is 0. The van der Waals surface area contributed by atoms with E-state index in [4.69, 9.17) is 17.2 Å². The molecule has 0 radical (unpaired) electrons. The molecule has 10 heteroatoms. The molecule has 0 aliphatic rings. The summed E-state index contributed by atoms with van der Waals surface area (Å²) < 4.78 is 0. The van der Waals surface area contributed by atoms with Crippen molar-refractivity contribution < 1.29 is 4.79 Å². The Balaban J connectivity index is 2.01. The van der Waals surface area contributed by atoms with Gasteiger partial charge in [0.1, 0.15) is 5.01 Å². The van der Waals surface area contributed by atoms with Crippen molar-refractivity contribution in [1.29, 1.82) is 0 Å². The zero-order chi connectivity index (χ0) is 18.3. The van der Waals surface area contributed by atoms with Crippen LogP contribution in [-0.4, -0.2) is 41.8 Å². The molecule has 1 aromatic rings. The summed E-state index contributed by atoms with van der Waals surface area (Å²) in [4.78, 5) is 15.8. The number of nitrogens with one attached hydrogen (secondary N) is 2. The highest BCUT2D eigenvalue weighted by Gasteiger charge is 2.03. The van der Waals surface area contributed by atoms with Crippen LogP contribution < -0.4 is 27.8 Å². The minimum atomic E-state index is -0.318. The van der Waals surface area contributed by atoms with E-state index in [1.807, 2.05) is 0 Å². The van der Waals surface area contributed by atoms with Gasteiger partial charge in [0.15, 0.2) is 5.96 Å². The lowest BCUT2D eigenvalue weighted by Gasteiger charge is -2.07. The highest BCUT2D eigenvalue weighted by molar-refractivity contribution is 7.15. The number of carbonyl (C=O) groups excluding carboxylic acids is 1. The van der Waals surface area contributed by atoms with Crippen LogP contribution in [-0.2, 0) is 6.42 Å². The number of aliphatic imine (C=N–C) groups is 1. The van der Waals surface area contributed by atoms with Crippen LogP contribution >= 0.6 is 11.3 Å². The number of urea groups is 1. The third kappa shape index (κ3) is 11.3. The Morgan fingerprint density at radius 2 is 1.80 bits per heavy atom. The van der Waals surface area contributed by atoms with Crippen molar-refractivity contribution in [2.75, 3.05) is 25.4 Å². The molecule has 0 saturated carbocycles. The van der Waals surface area contributed by atoms with Crippen molar-refractivity contribution >= 4 is 28.5 Å². The first-order valence-corrected chi connectivity index (χ1v) is 9.56. The molecule has 0 atom stereocenters.